The number of hydrogen-bond acceptors (Lipinski definition) is 6. The van der Waals surface area contributed by atoms with Crippen molar-refractivity contribution in [2.45, 2.75) is 40.2 Å². The second kappa shape index (κ2) is 9.15. The molecule has 0 bridgehead atoms. The molecule has 33 heavy (non-hydrogen) atoms. The van der Waals surface area contributed by atoms with E-state index in [2.05, 4.69) is 20.1 Å². The third-order valence-corrected chi connectivity index (χ3v) is 5.55. The van der Waals surface area contributed by atoms with E-state index in [0.29, 0.717) is 17.2 Å². The first-order valence-electron chi connectivity index (χ1n) is 10.6. The van der Waals surface area contributed by atoms with Gasteiger partial charge in [-0.15, -0.1) is 0 Å². The number of ether oxygens (including phenoxy) is 1. The summed E-state index contributed by atoms with van der Waals surface area (Å²) in [6.45, 7) is 7.95. The van der Waals surface area contributed by atoms with Gasteiger partial charge in [0.25, 0.3) is 5.56 Å². The molecule has 3 heterocycles. The fourth-order valence-corrected chi connectivity index (χ4v) is 3.65. The summed E-state index contributed by atoms with van der Waals surface area (Å²) in [7, 11) is 1.82. The standard InChI is InChI=1S/C24H25ClN6O2/c1-14(2)22-26-10-8-19(28-22)17-7-6-15(3)20(12-17)31-16(4)27-23(21(25)24(31)32)33-13-18-9-11-30(5)29-18/h6-12,14H,13H2,1-5H3. The molecule has 0 aliphatic carbocycles. The molecule has 170 valence electrons. The van der Waals surface area contributed by atoms with Gasteiger partial charge in [-0.05, 0) is 37.6 Å². The minimum absolute atomic E-state index is 0.0783. The Morgan fingerprint density at radius 3 is 2.61 bits per heavy atom. The highest BCUT2D eigenvalue weighted by Crippen LogP contribution is 2.26. The number of aryl methyl sites for hydroxylation is 3. The fraction of sp³-hybridized carbons (Fsp3) is 0.292. The van der Waals surface area contributed by atoms with Crippen molar-refractivity contribution in [1.29, 1.82) is 0 Å². The Morgan fingerprint density at radius 2 is 1.91 bits per heavy atom. The molecule has 0 atom stereocenters. The quantitative estimate of drug-likeness (QED) is 0.420. The van der Waals surface area contributed by atoms with Gasteiger partial charge in [-0.1, -0.05) is 37.6 Å². The van der Waals surface area contributed by atoms with Gasteiger partial charge >= 0.3 is 0 Å². The molecule has 1 aromatic carbocycles. The maximum Gasteiger partial charge on any atom is 0.280 e. The van der Waals surface area contributed by atoms with Crippen molar-refractivity contribution < 1.29 is 4.74 Å². The third kappa shape index (κ3) is 4.66. The minimum atomic E-state index is -0.397. The Labute approximate surface area is 196 Å². The van der Waals surface area contributed by atoms with Crippen LogP contribution in [0.5, 0.6) is 5.88 Å². The summed E-state index contributed by atoms with van der Waals surface area (Å²) in [5.41, 5.74) is 3.57. The predicted molar refractivity (Wildman–Crippen MR) is 127 cm³/mol. The molecule has 0 unspecified atom stereocenters. The molecule has 0 fully saturated rings. The Balaban J connectivity index is 1.73. The Kier molecular flexibility index (Phi) is 6.29. The summed E-state index contributed by atoms with van der Waals surface area (Å²) in [6.07, 6.45) is 3.56. The number of nitrogens with zero attached hydrogens (tertiary/aromatic N) is 6. The van der Waals surface area contributed by atoms with E-state index in [1.54, 1.807) is 17.8 Å². The van der Waals surface area contributed by atoms with Crippen molar-refractivity contribution in [2.75, 3.05) is 0 Å². The molecule has 8 nitrogen and oxygen atoms in total. The molecule has 0 radical (unpaired) electrons. The van der Waals surface area contributed by atoms with Gasteiger partial charge in [0.15, 0.2) is 5.02 Å². The van der Waals surface area contributed by atoms with Crippen LogP contribution in [0.15, 0.2) is 47.5 Å². The second-order valence-corrected chi connectivity index (χ2v) is 8.52. The van der Waals surface area contributed by atoms with E-state index in [0.717, 1.165) is 22.6 Å². The zero-order valence-electron chi connectivity index (χ0n) is 19.2. The topological polar surface area (TPSA) is 87.7 Å². The van der Waals surface area contributed by atoms with Crippen molar-refractivity contribution in [1.82, 2.24) is 29.3 Å². The zero-order valence-corrected chi connectivity index (χ0v) is 20.0. The predicted octanol–water partition coefficient (Wildman–Crippen LogP) is 4.40. The maximum atomic E-state index is 13.2. The summed E-state index contributed by atoms with van der Waals surface area (Å²) >= 11 is 6.39. The average molecular weight is 465 g/mol. The summed E-state index contributed by atoms with van der Waals surface area (Å²) in [6, 6.07) is 9.53. The van der Waals surface area contributed by atoms with Crippen molar-refractivity contribution >= 4 is 11.6 Å². The van der Waals surface area contributed by atoms with Gasteiger partial charge in [0.05, 0.1) is 17.1 Å². The second-order valence-electron chi connectivity index (χ2n) is 8.14. The van der Waals surface area contributed by atoms with Gasteiger partial charge < -0.3 is 4.74 Å². The molecule has 0 spiro atoms. The largest absolute Gasteiger partial charge is 0.470 e. The van der Waals surface area contributed by atoms with Crippen LogP contribution in [-0.2, 0) is 13.7 Å². The van der Waals surface area contributed by atoms with E-state index in [9.17, 15) is 4.79 Å². The lowest BCUT2D eigenvalue weighted by atomic mass is 10.1. The SMILES string of the molecule is Cc1ccc(-c2ccnc(C(C)C)n2)cc1-n1c(C)nc(OCc2ccn(C)n2)c(Cl)c1=O. The first kappa shape index (κ1) is 22.7. The van der Waals surface area contributed by atoms with Gasteiger partial charge in [-0.2, -0.15) is 10.1 Å². The minimum Gasteiger partial charge on any atom is -0.470 e. The lowest BCUT2D eigenvalue weighted by molar-refractivity contribution is 0.286. The lowest BCUT2D eigenvalue weighted by Gasteiger charge is -2.16. The van der Waals surface area contributed by atoms with Gasteiger partial charge in [0.2, 0.25) is 5.88 Å². The molecule has 0 amide bonds. The van der Waals surface area contributed by atoms with Crippen LogP contribution in [-0.4, -0.2) is 29.3 Å². The van der Waals surface area contributed by atoms with Crippen LogP contribution in [0.2, 0.25) is 5.02 Å². The van der Waals surface area contributed by atoms with Crippen molar-refractivity contribution in [3.8, 4) is 22.8 Å². The van der Waals surface area contributed by atoms with Crippen LogP contribution in [0.25, 0.3) is 16.9 Å². The third-order valence-electron chi connectivity index (χ3n) is 5.23. The van der Waals surface area contributed by atoms with Crippen LogP contribution in [0.4, 0.5) is 0 Å². The molecule has 0 aliphatic heterocycles. The van der Waals surface area contributed by atoms with Crippen LogP contribution in [0, 0.1) is 13.8 Å². The molecule has 4 rings (SSSR count). The van der Waals surface area contributed by atoms with E-state index in [1.165, 1.54) is 4.57 Å². The zero-order chi connectivity index (χ0) is 23.7. The molecule has 0 N–H and O–H groups in total. The molecular weight excluding hydrogens is 440 g/mol. The molecule has 3 aromatic heterocycles. The Hall–Kier alpha value is -3.52. The summed E-state index contributed by atoms with van der Waals surface area (Å²) in [4.78, 5) is 26.7. The van der Waals surface area contributed by atoms with E-state index >= 15 is 0 Å². The molecule has 4 aromatic rings. The van der Waals surface area contributed by atoms with Gasteiger partial charge in [0, 0.05) is 30.9 Å². The molecule has 9 heteroatoms. The first-order valence-corrected chi connectivity index (χ1v) is 11.0. The summed E-state index contributed by atoms with van der Waals surface area (Å²) < 4.78 is 8.87. The summed E-state index contributed by atoms with van der Waals surface area (Å²) in [5, 5.41) is 4.18. The van der Waals surface area contributed by atoms with Crippen LogP contribution < -0.4 is 10.3 Å². The monoisotopic (exact) mass is 464 g/mol. The Morgan fingerprint density at radius 1 is 1.12 bits per heavy atom. The maximum absolute atomic E-state index is 13.2. The fourth-order valence-electron chi connectivity index (χ4n) is 3.47. The number of rotatable bonds is 6. The van der Waals surface area contributed by atoms with Gasteiger partial charge in [0.1, 0.15) is 18.3 Å². The van der Waals surface area contributed by atoms with Gasteiger partial charge in [-0.3, -0.25) is 14.0 Å². The highest BCUT2D eigenvalue weighted by molar-refractivity contribution is 6.31. The van der Waals surface area contributed by atoms with Crippen LogP contribution in [0.3, 0.4) is 0 Å². The first-order chi connectivity index (χ1) is 15.7. The van der Waals surface area contributed by atoms with Crippen molar-refractivity contribution in [3.05, 3.63) is 81.0 Å². The number of aromatic nitrogens is 6. The highest BCUT2D eigenvalue weighted by Gasteiger charge is 2.18. The van der Waals surface area contributed by atoms with Crippen LogP contribution in [0.1, 0.15) is 42.7 Å². The lowest BCUT2D eigenvalue weighted by Crippen LogP contribution is -2.24. The molecule has 0 saturated heterocycles. The van der Waals surface area contributed by atoms with Crippen molar-refractivity contribution in [3.63, 3.8) is 0 Å². The van der Waals surface area contributed by atoms with Crippen LogP contribution >= 0.6 is 11.6 Å². The normalized spacial score (nSPS) is 11.2. The molecular formula is C24H25ClN6O2. The van der Waals surface area contributed by atoms with E-state index < -0.39 is 5.56 Å². The number of hydrogen-bond donors (Lipinski definition) is 0. The van der Waals surface area contributed by atoms with Gasteiger partial charge in [-0.25, -0.2) is 9.97 Å². The molecule has 0 saturated carbocycles. The smallest absolute Gasteiger partial charge is 0.280 e. The average Bonchev–Trinajstić information content (AvgIpc) is 3.21. The number of halogens is 1. The molecule has 0 aliphatic rings. The van der Waals surface area contributed by atoms with E-state index in [1.807, 2.05) is 64.3 Å². The highest BCUT2D eigenvalue weighted by atomic mass is 35.5. The van der Waals surface area contributed by atoms with E-state index in [4.69, 9.17) is 16.3 Å². The summed E-state index contributed by atoms with van der Waals surface area (Å²) in [5.74, 6) is 1.53. The number of benzene rings is 1. The van der Waals surface area contributed by atoms with E-state index in [-0.39, 0.29) is 23.4 Å². The van der Waals surface area contributed by atoms with Crippen molar-refractivity contribution in [2.24, 2.45) is 7.05 Å². The Bertz CT molecular complexity index is 1380.